The van der Waals surface area contributed by atoms with E-state index in [9.17, 15) is 0 Å². The fourth-order valence-electron chi connectivity index (χ4n) is 7.39. The highest BCUT2D eigenvalue weighted by molar-refractivity contribution is 5.97. The van der Waals surface area contributed by atoms with Gasteiger partial charge in [0, 0.05) is 30.8 Å². The summed E-state index contributed by atoms with van der Waals surface area (Å²) in [5.74, 6) is 0. The van der Waals surface area contributed by atoms with Crippen LogP contribution >= 0.6 is 0 Å². The molecule has 5 aromatic carbocycles. The van der Waals surface area contributed by atoms with Crippen LogP contribution in [0.25, 0.3) is 55.4 Å². The number of benzene rings is 5. The Balaban J connectivity index is 1.50. The van der Waals surface area contributed by atoms with Crippen molar-refractivity contribution in [3.63, 3.8) is 0 Å². The molecule has 218 valence electrons. The zero-order valence-corrected chi connectivity index (χ0v) is 26.3. The molecule has 0 N–H and O–H groups in total. The fraction of sp³-hybridized carbons (Fsp3) is 0.233. The van der Waals surface area contributed by atoms with Crippen LogP contribution in [0.3, 0.4) is 0 Å². The van der Waals surface area contributed by atoms with Crippen LogP contribution in [0.4, 0.5) is 0 Å². The van der Waals surface area contributed by atoms with E-state index < -0.39 is 13.7 Å². The molecule has 0 fully saturated rings. The summed E-state index contributed by atoms with van der Waals surface area (Å²) in [4.78, 5) is 0. The molecule has 1 heterocycles. The second-order valence-electron chi connectivity index (χ2n) is 13.3. The fourth-order valence-corrected chi connectivity index (χ4v) is 7.39. The van der Waals surface area contributed by atoms with Gasteiger partial charge in [-0.3, -0.25) is 0 Å². The summed E-state index contributed by atoms with van der Waals surface area (Å²) >= 11 is 0. The Morgan fingerprint density at radius 1 is 0.614 bits per heavy atom. The first-order valence-corrected chi connectivity index (χ1v) is 15.3. The first kappa shape index (κ1) is 22.1. The lowest BCUT2D eigenvalue weighted by atomic mass is 9.54. The van der Waals surface area contributed by atoms with Crippen molar-refractivity contribution in [1.82, 2.24) is 0 Å². The molecule has 1 aliphatic rings. The van der Waals surface area contributed by atoms with Crippen molar-refractivity contribution in [3.05, 3.63) is 137 Å². The van der Waals surface area contributed by atoms with Crippen LogP contribution in [0.15, 0.2) is 109 Å². The Morgan fingerprint density at radius 2 is 1.32 bits per heavy atom. The summed E-state index contributed by atoms with van der Waals surface area (Å²) in [7, 11) is 1.87. The number of fused-ring (bicyclic) bond motifs is 5. The maximum Gasteiger partial charge on any atom is 0.213 e. The van der Waals surface area contributed by atoms with E-state index >= 15 is 0 Å². The topological polar surface area (TPSA) is 3.88 Å². The van der Waals surface area contributed by atoms with Crippen molar-refractivity contribution in [2.75, 3.05) is 0 Å². The Morgan fingerprint density at radius 3 is 2.09 bits per heavy atom. The van der Waals surface area contributed by atoms with Gasteiger partial charge < -0.3 is 0 Å². The van der Waals surface area contributed by atoms with Gasteiger partial charge in [-0.1, -0.05) is 119 Å². The Labute approximate surface area is 271 Å². The van der Waals surface area contributed by atoms with Crippen LogP contribution < -0.4 is 4.57 Å². The standard InChI is InChI=1S/C43H42N/c1-27-24-32(30-14-10-9-11-15-30)19-20-33(27)37-25-39(44(8)26-28(37)2)34-22-23-38-40(29(34)3)36-21-18-31-16-12-13-17-35(31)41(36)43(6,7)42(38,4)5/h9-26H,1-8H3/q+1/i1D3,2D3. The zero-order chi connectivity index (χ0) is 36.0. The van der Waals surface area contributed by atoms with Crippen molar-refractivity contribution in [2.24, 2.45) is 7.05 Å². The number of aromatic nitrogens is 1. The van der Waals surface area contributed by atoms with Crippen LogP contribution in [0, 0.1) is 20.6 Å². The van der Waals surface area contributed by atoms with E-state index in [-0.39, 0.29) is 22.0 Å². The lowest BCUT2D eigenvalue weighted by molar-refractivity contribution is -0.660. The maximum absolute atomic E-state index is 8.53. The molecule has 1 aromatic heterocycles. The molecule has 0 spiro atoms. The Bertz CT molecular complexity index is 2310. The largest absolute Gasteiger partial charge is 0.213 e. The molecule has 44 heavy (non-hydrogen) atoms. The number of nitrogens with zero attached hydrogens (tertiary/aromatic N) is 1. The SMILES string of the molecule is [2H]C([2H])([2H])c1cc(-c2ccccc2)ccc1-c1cc(-c2ccc3c(c2C)-c2ccc4ccccc4c2C(C)(C)C3(C)C)[n+](C)cc1C([2H])([2H])[2H]. The summed E-state index contributed by atoms with van der Waals surface area (Å²) in [5.41, 5.74) is 10.2. The molecule has 7 rings (SSSR count). The van der Waals surface area contributed by atoms with Crippen LogP contribution in [-0.2, 0) is 17.9 Å². The quantitative estimate of drug-likeness (QED) is 0.184. The molecule has 1 heteroatoms. The third-order valence-corrected chi connectivity index (χ3v) is 10.5. The van der Waals surface area contributed by atoms with Gasteiger partial charge in [0.15, 0.2) is 6.20 Å². The second kappa shape index (κ2) is 10.0. The predicted octanol–water partition coefficient (Wildman–Crippen LogP) is 10.8. The van der Waals surface area contributed by atoms with Gasteiger partial charge in [0.05, 0.1) is 0 Å². The summed E-state index contributed by atoms with van der Waals surface area (Å²) < 4.78 is 53.0. The molecule has 0 amide bonds. The third kappa shape index (κ3) is 4.09. The summed E-state index contributed by atoms with van der Waals surface area (Å²) in [6, 6.07) is 34.3. The van der Waals surface area contributed by atoms with Crippen molar-refractivity contribution in [3.8, 4) is 44.6 Å². The lowest BCUT2D eigenvalue weighted by Crippen LogP contribution is -2.44. The second-order valence-corrected chi connectivity index (χ2v) is 13.3. The van der Waals surface area contributed by atoms with Gasteiger partial charge in [-0.15, -0.1) is 0 Å². The minimum Gasteiger partial charge on any atom is -0.201 e. The van der Waals surface area contributed by atoms with Crippen molar-refractivity contribution in [1.29, 1.82) is 0 Å². The number of hydrogen-bond acceptors (Lipinski definition) is 0. The first-order valence-electron chi connectivity index (χ1n) is 18.3. The highest BCUT2D eigenvalue weighted by Gasteiger charge is 2.47. The van der Waals surface area contributed by atoms with E-state index in [0.29, 0.717) is 11.1 Å². The van der Waals surface area contributed by atoms with Gasteiger partial charge in [-0.2, -0.15) is 0 Å². The van der Waals surface area contributed by atoms with Crippen molar-refractivity contribution < 1.29 is 12.8 Å². The Kier molecular flexibility index (Phi) is 5.03. The van der Waals surface area contributed by atoms with E-state index in [1.54, 1.807) is 18.3 Å². The van der Waals surface area contributed by atoms with Gasteiger partial charge in [0.1, 0.15) is 7.05 Å². The Hall–Kier alpha value is -4.49. The highest BCUT2D eigenvalue weighted by atomic mass is 14.9. The molecule has 0 radical (unpaired) electrons. The summed E-state index contributed by atoms with van der Waals surface area (Å²) in [6.45, 7) is 6.54. The highest BCUT2D eigenvalue weighted by Crippen LogP contribution is 2.57. The monoisotopic (exact) mass is 578 g/mol. The van der Waals surface area contributed by atoms with Crippen LogP contribution in [0.5, 0.6) is 0 Å². The summed E-state index contributed by atoms with van der Waals surface area (Å²) in [5, 5.41) is 2.47. The maximum atomic E-state index is 8.53. The molecular formula is C43H42N+. The minimum absolute atomic E-state index is 0.108. The van der Waals surface area contributed by atoms with Crippen LogP contribution in [-0.4, -0.2) is 0 Å². The van der Waals surface area contributed by atoms with E-state index in [1.165, 1.54) is 33.0 Å². The average molecular weight is 579 g/mol. The molecule has 1 nitrogen and oxygen atoms in total. The number of pyridine rings is 1. The molecule has 0 unspecified atom stereocenters. The van der Waals surface area contributed by atoms with Gasteiger partial charge >= 0.3 is 0 Å². The molecule has 6 aromatic rings. The van der Waals surface area contributed by atoms with E-state index in [2.05, 4.69) is 83.1 Å². The molecule has 1 aliphatic carbocycles. The van der Waals surface area contributed by atoms with Crippen molar-refractivity contribution in [2.45, 2.75) is 59.2 Å². The third-order valence-electron chi connectivity index (χ3n) is 10.5. The van der Waals surface area contributed by atoms with E-state index in [4.69, 9.17) is 8.22 Å². The molecule has 0 aliphatic heterocycles. The van der Waals surface area contributed by atoms with E-state index in [1.807, 2.05) is 54.1 Å². The lowest BCUT2D eigenvalue weighted by Gasteiger charge is -2.49. The molecule has 0 atom stereocenters. The van der Waals surface area contributed by atoms with Crippen LogP contribution in [0.2, 0.25) is 0 Å². The van der Waals surface area contributed by atoms with Crippen LogP contribution in [0.1, 0.15) is 63.7 Å². The van der Waals surface area contributed by atoms with Gasteiger partial charge in [-0.05, 0) is 98.5 Å². The molecule has 0 bridgehead atoms. The van der Waals surface area contributed by atoms with Crippen molar-refractivity contribution >= 4 is 10.8 Å². The average Bonchev–Trinajstić information content (AvgIpc) is 3.06. The number of aryl methyl sites for hydroxylation is 3. The predicted molar refractivity (Wildman–Crippen MR) is 187 cm³/mol. The van der Waals surface area contributed by atoms with E-state index in [0.717, 1.165) is 27.9 Å². The molecular weight excluding hydrogens is 530 g/mol. The van der Waals surface area contributed by atoms with Gasteiger partial charge in [0.2, 0.25) is 5.69 Å². The van der Waals surface area contributed by atoms with Gasteiger partial charge in [-0.25, -0.2) is 4.57 Å². The molecule has 0 saturated heterocycles. The number of rotatable bonds is 3. The molecule has 0 saturated carbocycles. The normalized spacial score (nSPS) is 17.3. The summed E-state index contributed by atoms with van der Waals surface area (Å²) in [6.07, 6.45) is 1.65. The first-order chi connectivity index (χ1) is 23.4. The zero-order valence-electron chi connectivity index (χ0n) is 32.3. The van der Waals surface area contributed by atoms with Gasteiger partial charge in [0.25, 0.3) is 0 Å². The number of hydrogen-bond donors (Lipinski definition) is 0. The minimum atomic E-state index is -2.48. The smallest absolute Gasteiger partial charge is 0.201 e.